The lowest BCUT2D eigenvalue weighted by Gasteiger charge is -2.29. The maximum atomic E-state index is 13.8. The van der Waals surface area contributed by atoms with Crippen LogP contribution < -0.4 is 0 Å². The third-order valence-electron chi connectivity index (χ3n) is 6.12. The maximum absolute atomic E-state index is 13.8. The molecular formula is C26H28N4O3S. The molecule has 0 saturated carbocycles. The van der Waals surface area contributed by atoms with Gasteiger partial charge in [-0.2, -0.15) is 0 Å². The van der Waals surface area contributed by atoms with E-state index in [-0.39, 0.29) is 11.4 Å². The van der Waals surface area contributed by atoms with Gasteiger partial charge in [0.2, 0.25) is 5.78 Å². The number of hydrogen-bond acceptors (Lipinski definition) is 7. The average molecular weight is 477 g/mol. The quantitative estimate of drug-likeness (QED) is 0.460. The molecule has 1 N–H and O–H groups in total. The number of benzene rings is 1. The molecule has 3 heterocycles. The van der Waals surface area contributed by atoms with Gasteiger partial charge >= 0.3 is 0 Å². The summed E-state index contributed by atoms with van der Waals surface area (Å²) in [4.78, 5) is 39.9. The minimum atomic E-state index is -0.703. The van der Waals surface area contributed by atoms with E-state index in [9.17, 15) is 14.7 Å². The first-order chi connectivity index (χ1) is 16.5. The molecule has 0 bridgehead atoms. The third kappa shape index (κ3) is 4.51. The summed E-state index contributed by atoms with van der Waals surface area (Å²) in [5.74, 6) is -1.40. The van der Waals surface area contributed by atoms with Gasteiger partial charge in [-0.15, -0.1) is 11.3 Å². The number of hydrogen-bond donors (Lipinski definition) is 1. The first-order valence-corrected chi connectivity index (χ1v) is 12.2. The number of aliphatic hydroxyl groups is 1. The van der Waals surface area contributed by atoms with Crippen LogP contribution in [0.2, 0.25) is 0 Å². The Hall–Kier alpha value is -3.36. The first kappa shape index (κ1) is 23.8. The number of carbonyl (C=O) groups is 2. The smallest absolute Gasteiger partial charge is 0.290 e. The SMILES string of the molecule is CCN(CC)CCN1C(=O)C(O)=C(C(=O)c2sc(-c3ccccc3)nc2C)C1c1cccnc1. The van der Waals surface area contributed by atoms with Crippen LogP contribution in [0.15, 0.2) is 66.2 Å². The molecule has 4 rings (SSSR count). The predicted octanol–water partition coefficient (Wildman–Crippen LogP) is 4.43. The molecule has 1 atom stereocenters. The van der Waals surface area contributed by atoms with Crippen LogP contribution in [0.25, 0.3) is 10.6 Å². The minimum absolute atomic E-state index is 0.0870. The van der Waals surface area contributed by atoms with Crippen molar-refractivity contribution in [2.75, 3.05) is 26.2 Å². The molecule has 1 aromatic carbocycles. The molecule has 8 heteroatoms. The molecule has 0 saturated heterocycles. The fraction of sp³-hybridized carbons (Fsp3) is 0.308. The van der Waals surface area contributed by atoms with Crippen molar-refractivity contribution in [1.82, 2.24) is 19.8 Å². The van der Waals surface area contributed by atoms with Crippen LogP contribution in [0.3, 0.4) is 0 Å². The topological polar surface area (TPSA) is 86.6 Å². The zero-order chi connectivity index (χ0) is 24.2. The van der Waals surface area contributed by atoms with Crippen LogP contribution in [-0.4, -0.2) is 62.7 Å². The third-order valence-corrected chi connectivity index (χ3v) is 7.33. The lowest BCUT2D eigenvalue weighted by atomic mass is 9.96. The van der Waals surface area contributed by atoms with E-state index >= 15 is 0 Å². The van der Waals surface area contributed by atoms with E-state index in [0.29, 0.717) is 29.2 Å². The zero-order valence-corrected chi connectivity index (χ0v) is 20.4. The number of carbonyl (C=O) groups excluding carboxylic acids is 2. The Labute approximate surface area is 203 Å². The van der Waals surface area contributed by atoms with Crippen LogP contribution in [-0.2, 0) is 4.79 Å². The molecule has 1 aliphatic heterocycles. The molecule has 1 unspecified atom stereocenters. The Morgan fingerprint density at radius 3 is 2.53 bits per heavy atom. The van der Waals surface area contributed by atoms with Gasteiger partial charge in [0, 0.05) is 31.0 Å². The Bertz CT molecular complexity index is 1200. The number of aliphatic hydroxyl groups excluding tert-OH is 1. The van der Waals surface area contributed by atoms with Crippen molar-refractivity contribution in [2.24, 2.45) is 0 Å². The van der Waals surface area contributed by atoms with Gasteiger partial charge in [-0.1, -0.05) is 50.2 Å². The van der Waals surface area contributed by atoms with Crippen LogP contribution >= 0.6 is 11.3 Å². The summed E-state index contributed by atoms with van der Waals surface area (Å²) in [6.07, 6.45) is 3.29. The highest BCUT2D eigenvalue weighted by molar-refractivity contribution is 7.17. The van der Waals surface area contributed by atoms with Gasteiger partial charge in [0.1, 0.15) is 5.01 Å². The molecule has 2 aromatic heterocycles. The van der Waals surface area contributed by atoms with E-state index in [1.165, 1.54) is 11.3 Å². The molecule has 1 aliphatic rings. The summed E-state index contributed by atoms with van der Waals surface area (Å²) in [6.45, 7) is 8.64. The van der Waals surface area contributed by atoms with Crippen molar-refractivity contribution in [3.63, 3.8) is 0 Å². The largest absolute Gasteiger partial charge is 0.503 e. The number of aryl methyl sites for hydroxylation is 1. The van der Waals surface area contributed by atoms with E-state index in [1.54, 1.807) is 30.3 Å². The maximum Gasteiger partial charge on any atom is 0.290 e. The van der Waals surface area contributed by atoms with Gasteiger partial charge in [0.25, 0.3) is 5.91 Å². The van der Waals surface area contributed by atoms with Gasteiger partial charge in [0.05, 0.1) is 22.2 Å². The van der Waals surface area contributed by atoms with Gasteiger partial charge in [0.15, 0.2) is 5.76 Å². The van der Waals surface area contributed by atoms with Crippen LogP contribution in [0, 0.1) is 6.92 Å². The number of ketones is 1. The van der Waals surface area contributed by atoms with Gasteiger partial charge in [-0.05, 0) is 31.6 Å². The lowest BCUT2D eigenvalue weighted by Crippen LogP contribution is -2.38. The molecule has 176 valence electrons. The highest BCUT2D eigenvalue weighted by atomic mass is 32.1. The molecule has 0 spiro atoms. The summed E-state index contributed by atoms with van der Waals surface area (Å²) in [6, 6.07) is 12.5. The highest BCUT2D eigenvalue weighted by Crippen LogP contribution is 2.40. The second kappa shape index (κ2) is 10.3. The fourth-order valence-electron chi connectivity index (χ4n) is 4.22. The fourth-order valence-corrected chi connectivity index (χ4v) is 5.25. The Kier molecular flexibility index (Phi) is 7.19. The van der Waals surface area contributed by atoms with Crippen LogP contribution in [0.4, 0.5) is 0 Å². The van der Waals surface area contributed by atoms with E-state index in [1.807, 2.05) is 36.4 Å². The predicted molar refractivity (Wildman–Crippen MR) is 133 cm³/mol. The normalized spacial score (nSPS) is 16.1. The van der Waals surface area contributed by atoms with E-state index in [0.717, 1.165) is 23.7 Å². The minimum Gasteiger partial charge on any atom is -0.503 e. The number of nitrogens with zero attached hydrogens (tertiary/aromatic N) is 4. The number of Topliss-reactive ketones (excluding diaryl/α,β-unsaturated/α-hetero) is 1. The molecule has 0 radical (unpaired) electrons. The standard InChI is InChI=1S/C26H28N4O3S/c1-4-29(5-2)14-15-30-21(19-12-9-13-27-16-19)20(23(32)26(30)33)22(31)24-17(3)28-25(34-24)18-10-7-6-8-11-18/h6-13,16,21,32H,4-5,14-15H2,1-3H3. The Balaban J connectivity index is 1.72. The Morgan fingerprint density at radius 2 is 1.88 bits per heavy atom. The van der Waals surface area contributed by atoms with E-state index in [2.05, 4.69) is 28.7 Å². The van der Waals surface area contributed by atoms with Crippen molar-refractivity contribution in [1.29, 1.82) is 0 Å². The number of rotatable bonds is 9. The van der Waals surface area contributed by atoms with Crippen molar-refractivity contribution >= 4 is 23.0 Å². The summed E-state index contributed by atoms with van der Waals surface area (Å²) in [5.41, 5.74) is 2.27. The average Bonchev–Trinajstić information content (AvgIpc) is 3.38. The number of thiazole rings is 1. The van der Waals surface area contributed by atoms with Crippen LogP contribution in [0.5, 0.6) is 0 Å². The number of amides is 1. The van der Waals surface area contributed by atoms with E-state index < -0.39 is 17.7 Å². The van der Waals surface area contributed by atoms with Crippen molar-refractivity contribution in [3.05, 3.63) is 82.3 Å². The van der Waals surface area contributed by atoms with Crippen molar-refractivity contribution < 1.29 is 14.7 Å². The zero-order valence-electron chi connectivity index (χ0n) is 19.6. The number of pyridine rings is 1. The lowest BCUT2D eigenvalue weighted by molar-refractivity contribution is -0.129. The van der Waals surface area contributed by atoms with Gasteiger partial charge < -0.3 is 14.9 Å². The van der Waals surface area contributed by atoms with Gasteiger partial charge in [-0.3, -0.25) is 14.6 Å². The molecule has 7 nitrogen and oxygen atoms in total. The monoisotopic (exact) mass is 476 g/mol. The second-order valence-electron chi connectivity index (χ2n) is 8.11. The molecule has 3 aromatic rings. The van der Waals surface area contributed by atoms with Crippen LogP contribution in [0.1, 0.15) is 40.8 Å². The van der Waals surface area contributed by atoms with Crippen molar-refractivity contribution in [3.8, 4) is 10.6 Å². The molecule has 34 heavy (non-hydrogen) atoms. The van der Waals surface area contributed by atoms with Gasteiger partial charge in [-0.25, -0.2) is 4.98 Å². The first-order valence-electron chi connectivity index (χ1n) is 11.4. The summed E-state index contributed by atoms with van der Waals surface area (Å²) in [7, 11) is 0. The molecule has 0 aliphatic carbocycles. The highest BCUT2D eigenvalue weighted by Gasteiger charge is 2.44. The Morgan fingerprint density at radius 1 is 1.15 bits per heavy atom. The summed E-state index contributed by atoms with van der Waals surface area (Å²) < 4.78 is 0. The number of aromatic nitrogens is 2. The second-order valence-corrected chi connectivity index (χ2v) is 9.10. The number of likely N-dealkylation sites (N-methyl/N-ethyl adjacent to an activating group) is 1. The van der Waals surface area contributed by atoms with Crippen molar-refractivity contribution in [2.45, 2.75) is 26.8 Å². The molecular weight excluding hydrogens is 448 g/mol. The summed E-state index contributed by atoms with van der Waals surface area (Å²) in [5, 5.41) is 11.6. The summed E-state index contributed by atoms with van der Waals surface area (Å²) >= 11 is 1.28. The van der Waals surface area contributed by atoms with E-state index in [4.69, 9.17) is 0 Å². The molecule has 0 fully saturated rings. The molecule has 1 amide bonds.